The van der Waals surface area contributed by atoms with Crippen LogP contribution in [-0.4, -0.2) is 36.1 Å². The molecule has 0 aliphatic carbocycles. The fourth-order valence-corrected chi connectivity index (χ4v) is 3.28. The predicted molar refractivity (Wildman–Crippen MR) is 91.2 cm³/mol. The Labute approximate surface area is 144 Å². The normalized spacial score (nSPS) is 14.8. The number of fused-ring (bicyclic) bond motifs is 1. The van der Waals surface area contributed by atoms with Gasteiger partial charge >= 0.3 is 5.97 Å². The molecule has 2 aromatic rings. The maximum Gasteiger partial charge on any atom is 0.329 e. The van der Waals surface area contributed by atoms with Crippen LogP contribution >= 0.6 is 11.3 Å². The van der Waals surface area contributed by atoms with Crippen molar-refractivity contribution in [3.8, 4) is 17.0 Å². The lowest BCUT2D eigenvalue weighted by Gasteiger charge is -2.34. The summed E-state index contributed by atoms with van der Waals surface area (Å²) < 4.78 is 10.6. The van der Waals surface area contributed by atoms with Gasteiger partial charge in [-0.25, -0.2) is 9.78 Å². The first-order valence-corrected chi connectivity index (χ1v) is 8.74. The number of aromatic nitrogens is 1. The molecule has 1 atom stereocenters. The van der Waals surface area contributed by atoms with Crippen molar-refractivity contribution in [3.05, 3.63) is 29.1 Å². The van der Waals surface area contributed by atoms with Crippen LogP contribution in [0.2, 0.25) is 0 Å². The molecule has 1 aromatic carbocycles. The van der Waals surface area contributed by atoms with Crippen molar-refractivity contribution in [2.24, 2.45) is 0 Å². The summed E-state index contributed by atoms with van der Waals surface area (Å²) in [6.45, 7) is 3.80. The van der Waals surface area contributed by atoms with Crippen molar-refractivity contribution in [1.29, 1.82) is 0 Å². The lowest BCUT2D eigenvalue weighted by Crippen LogP contribution is -2.49. The molecule has 0 radical (unpaired) electrons. The average molecular weight is 346 g/mol. The van der Waals surface area contributed by atoms with E-state index in [0.29, 0.717) is 17.9 Å². The molecule has 1 aromatic heterocycles. The summed E-state index contributed by atoms with van der Waals surface area (Å²) in [5.74, 6) is -0.0746. The van der Waals surface area contributed by atoms with Crippen LogP contribution in [0.1, 0.15) is 20.3 Å². The molecule has 126 valence electrons. The van der Waals surface area contributed by atoms with Crippen LogP contribution in [-0.2, 0) is 14.3 Å². The first-order chi connectivity index (χ1) is 11.7. The van der Waals surface area contributed by atoms with E-state index in [1.54, 1.807) is 18.5 Å². The summed E-state index contributed by atoms with van der Waals surface area (Å²) in [6.07, 6.45) is 0.463. The number of esters is 1. The number of carbonyl (C=O) groups is 2. The molecular formula is C17H18N2O4S. The molecule has 3 rings (SSSR count). The number of benzene rings is 1. The van der Waals surface area contributed by atoms with E-state index in [9.17, 15) is 9.59 Å². The third-order valence-corrected chi connectivity index (χ3v) is 4.41. The molecule has 1 unspecified atom stereocenters. The maximum atomic E-state index is 12.4. The molecule has 0 N–H and O–H groups in total. The first kappa shape index (κ1) is 16.4. The van der Waals surface area contributed by atoms with Gasteiger partial charge in [0.05, 0.1) is 23.5 Å². The van der Waals surface area contributed by atoms with Gasteiger partial charge < -0.3 is 9.47 Å². The van der Waals surface area contributed by atoms with Crippen molar-refractivity contribution >= 4 is 28.9 Å². The molecular weight excluding hydrogens is 328 g/mol. The predicted octanol–water partition coefficient (Wildman–Crippen LogP) is 2.88. The fraction of sp³-hybridized carbons (Fsp3) is 0.353. The zero-order valence-electron chi connectivity index (χ0n) is 13.5. The summed E-state index contributed by atoms with van der Waals surface area (Å²) in [5, 5.41) is 1.93. The Morgan fingerprint density at radius 1 is 1.46 bits per heavy atom. The second-order valence-corrected chi connectivity index (χ2v) is 6.00. The second-order valence-electron chi connectivity index (χ2n) is 5.28. The molecule has 0 saturated heterocycles. The summed E-state index contributed by atoms with van der Waals surface area (Å²) in [6, 6.07) is 4.88. The van der Waals surface area contributed by atoms with Crippen LogP contribution in [0.15, 0.2) is 29.1 Å². The standard InChI is InChI=1S/C17H18N2O4S/c1-3-13(17(21)22-4-2)19-14-7-11(12-9-24-10-18-12)5-6-15(14)23-8-16(19)20/h5-7,9-10,13H,3-4,8H2,1-2H3. The number of thiazole rings is 1. The molecule has 7 heteroatoms. The van der Waals surface area contributed by atoms with E-state index in [2.05, 4.69) is 4.98 Å². The van der Waals surface area contributed by atoms with Gasteiger partial charge in [-0.3, -0.25) is 9.69 Å². The van der Waals surface area contributed by atoms with Crippen molar-refractivity contribution in [2.45, 2.75) is 26.3 Å². The second kappa shape index (κ2) is 7.00. The highest BCUT2D eigenvalue weighted by atomic mass is 32.1. The van der Waals surface area contributed by atoms with Gasteiger partial charge in [-0.1, -0.05) is 6.92 Å². The van der Waals surface area contributed by atoms with Crippen molar-refractivity contribution in [3.63, 3.8) is 0 Å². The highest BCUT2D eigenvalue weighted by molar-refractivity contribution is 7.07. The van der Waals surface area contributed by atoms with Crippen molar-refractivity contribution < 1.29 is 19.1 Å². The zero-order chi connectivity index (χ0) is 17.1. The Kier molecular flexibility index (Phi) is 4.80. The van der Waals surface area contributed by atoms with E-state index < -0.39 is 12.0 Å². The molecule has 1 aliphatic heterocycles. The molecule has 2 heterocycles. The van der Waals surface area contributed by atoms with E-state index in [1.165, 1.54) is 16.2 Å². The average Bonchev–Trinajstić information content (AvgIpc) is 3.12. The van der Waals surface area contributed by atoms with Gasteiger partial charge in [0.15, 0.2) is 6.61 Å². The summed E-state index contributed by atoms with van der Waals surface area (Å²) in [7, 11) is 0. The lowest BCUT2D eigenvalue weighted by molar-refractivity contribution is -0.146. The van der Waals surface area contributed by atoms with Crippen molar-refractivity contribution in [2.75, 3.05) is 18.1 Å². The van der Waals surface area contributed by atoms with Crippen LogP contribution in [0.5, 0.6) is 5.75 Å². The largest absolute Gasteiger partial charge is 0.482 e. The molecule has 24 heavy (non-hydrogen) atoms. The minimum atomic E-state index is -0.661. The highest BCUT2D eigenvalue weighted by Crippen LogP contribution is 2.37. The summed E-state index contributed by atoms with van der Waals surface area (Å²) >= 11 is 1.50. The zero-order valence-corrected chi connectivity index (χ0v) is 14.3. The summed E-state index contributed by atoms with van der Waals surface area (Å²) in [4.78, 5) is 30.5. The highest BCUT2D eigenvalue weighted by Gasteiger charge is 2.35. The number of carbonyl (C=O) groups excluding carboxylic acids is 2. The first-order valence-electron chi connectivity index (χ1n) is 7.79. The third kappa shape index (κ3) is 2.99. The van der Waals surface area contributed by atoms with Crippen LogP contribution in [0.25, 0.3) is 11.3 Å². The van der Waals surface area contributed by atoms with Gasteiger partial charge in [0.25, 0.3) is 5.91 Å². The Balaban J connectivity index is 2.03. The van der Waals surface area contributed by atoms with Gasteiger partial charge in [0.2, 0.25) is 0 Å². The number of nitrogens with zero attached hydrogens (tertiary/aromatic N) is 2. The molecule has 0 bridgehead atoms. The number of rotatable bonds is 5. The van der Waals surface area contributed by atoms with Crippen LogP contribution < -0.4 is 9.64 Å². The van der Waals surface area contributed by atoms with Gasteiger partial charge in [-0.15, -0.1) is 11.3 Å². The molecule has 6 nitrogen and oxygen atoms in total. The maximum absolute atomic E-state index is 12.4. The number of anilines is 1. The number of hydrogen-bond donors (Lipinski definition) is 0. The number of ether oxygens (including phenoxy) is 2. The molecule has 0 fully saturated rings. The SMILES string of the molecule is CCOC(=O)C(CC)N1C(=O)COc2ccc(-c3cscn3)cc21. The number of hydrogen-bond acceptors (Lipinski definition) is 6. The van der Waals surface area contributed by atoms with E-state index in [0.717, 1.165) is 11.3 Å². The van der Waals surface area contributed by atoms with E-state index in [4.69, 9.17) is 9.47 Å². The van der Waals surface area contributed by atoms with Crippen LogP contribution in [0.3, 0.4) is 0 Å². The van der Waals surface area contributed by atoms with Crippen LogP contribution in [0.4, 0.5) is 5.69 Å². The Bertz CT molecular complexity index is 745. The monoisotopic (exact) mass is 346 g/mol. The minimum Gasteiger partial charge on any atom is -0.482 e. The topological polar surface area (TPSA) is 68.7 Å². The van der Waals surface area contributed by atoms with Gasteiger partial charge in [-0.2, -0.15) is 0 Å². The van der Waals surface area contributed by atoms with Gasteiger partial charge in [-0.05, 0) is 31.5 Å². The van der Waals surface area contributed by atoms with Crippen molar-refractivity contribution in [1.82, 2.24) is 4.98 Å². The summed E-state index contributed by atoms with van der Waals surface area (Å²) in [5.41, 5.74) is 4.03. The van der Waals surface area contributed by atoms with Gasteiger partial charge in [0, 0.05) is 10.9 Å². The van der Waals surface area contributed by atoms with Crippen LogP contribution in [0, 0.1) is 0 Å². The van der Waals surface area contributed by atoms with E-state index in [-0.39, 0.29) is 19.1 Å². The smallest absolute Gasteiger partial charge is 0.329 e. The number of amides is 1. The quantitative estimate of drug-likeness (QED) is 0.779. The fourth-order valence-electron chi connectivity index (χ4n) is 2.72. The van der Waals surface area contributed by atoms with E-state index in [1.807, 2.05) is 24.4 Å². The Hall–Kier alpha value is -2.41. The lowest BCUT2D eigenvalue weighted by atomic mass is 10.1. The van der Waals surface area contributed by atoms with Gasteiger partial charge in [0.1, 0.15) is 11.8 Å². The third-order valence-electron chi connectivity index (χ3n) is 3.82. The molecule has 0 spiro atoms. The minimum absolute atomic E-state index is 0.0844. The molecule has 1 amide bonds. The Morgan fingerprint density at radius 3 is 2.96 bits per heavy atom. The Morgan fingerprint density at radius 2 is 2.29 bits per heavy atom. The molecule has 1 aliphatic rings. The molecule has 0 saturated carbocycles. The van der Waals surface area contributed by atoms with E-state index >= 15 is 0 Å².